The molecule has 2 aliphatic rings. The molecule has 0 saturated carbocycles. The lowest BCUT2D eigenvalue weighted by molar-refractivity contribution is 0.180. The highest BCUT2D eigenvalue weighted by Gasteiger charge is 2.19. The van der Waals surface area contributed by atoms with E-state index in [0.717, 1.165) is 25.6 Å². The van der Waals surface area contributed by atoms with Gasteiger partial charge in [-0.3, -0.25) is 4.90 Å². The zero-order valence-corrected chi connectivity index (χ0v) is 12.1. The fraction of sp³-hybridized carbons (Fsp3) is 1.00. The van der Waals surface area contributed by atoms with Crippen molar-refractivity contribution in [1.29, 1.82) is 0 Å². The summed E-state index contributed by atoms with van der Waals surface area (Å²) in [7, 11) is 2.24. The Kier molecular flexibility index (Phi) is 5.89. The molecule has 0 aromatic rings. The maximum Gasteiger partial charge on any atom is 0.0193 e. The fourth-order valence-corrected chi connectivity index (χ4v) is 3.13. The normalized spacial score (nSPS) is 28.7. The second-order valence-electron chi connectivity index (χ2n) is 6.04. The lowest BCUT2D eigenvalue weighted by Crippen LogP contribution is -2.50. The zero-order chi connectivity index (χ0) is 12.8. The monoisotopic (exact) mass is 254 g/mol. The van der Waals surface area contributed by atoms with Gasteiger partial charge in [-0.2, -0.15) is 0 Å². The van der Waals surface area contributed by atoms with Crippen LogP contribution in [-0.2, 0) is 0 Å². The molecule has 2 aliphatic heterocycles. The molecule has 18 heavy (non-hydrogen) atoms. The molecule has 4 heteroatoms. The predicted octanol–water partition coefficient (Wildman–Crippen LogP) is 0.212. The highest BCUT2D eigenvalue weighted by atomic mass is 15.2. The summed E-state index contributed by atoms with van der Waals surface area (Å²) >= 11 is 0. The minimum absolute atomic E-state index is 0.679. The lowest BCUT2D eigenvalue weighted by atomic mass is 10.1. The van der Waals surface area contributed by atoms with Gasteiger partial charge in [-0.1, -0.05) is 0 Å². The van der Waals surface area contributed by atoms with E-state index in [1.165, 1.54) is 45.6 Å². The minimum atomic E-state index is 0.679. The summed E-state index contributed by atoms with van der Waals surface area (Å²) in [6, 6.07) is 0.679. The van der Waals surface area contributed by atoms with Crippen LogP contribution in [0.15, 0.2) is 0 Å². The molecule has 2 N–H and O–H groups in total. The molecule has 2 rings (SSSR count). The van der Waals surface area contributed by atoms with E-state index in [9.17, 15) is 0 Å². The van der Waals surface area contributed by atoms with Crippen LogP contribution in [0.1, 0.15) is 19.8 Å². The van der Waals surface area contributed by atoms with Crippen molar-refractivity contribution in [1.82, 2.24) is 20.4 Å². The SMILES string of the molecule is CC(CNCCC1CCN(C)C1)N1CCNCC1. The third-order valence-electron chi connectivity index (χ3n) is 4.43. The molecule has 106 valence electrons. The number of rotatable bonds is 6. The summed E-state index contributed by atoms with van der Waals surface area (Å²) in [5.74, 6) is 0.928. The summed E-state index contributed by atoms with van der Waals surface area (Å²) in [6.45, 7) is 12.0. The molecule has 2 atom stereocenters. The maximum atomic E-state index is 3.64. The summed E-state index contributed by atoms with van der Waals surface area (Å²) < 4.78 is 0. The van der Waals surface area contributed by atoms with Crippen molar-refractivity contribution in [2.24, 2.45) is 5.92 Å². The van der Waals surface area contributed by atoms with Crippen LogP contribution >= 0.6 is 0 Å². The average molecular weight is 254 g/mol. The van der Waals surface area contributed by atoms with Crippen molar-refractivity contribution in [3.63, 3.8) is 0 Å². The Hall–Kier alpha value is -0.160. The van der Waals surface area contributed by atoms with Gasteiger partial charge < -0.3 is 15.5 Å². The number of piperazine rings is 1. The van der Waals surface area contributed by atoms with Crippen molar-refractivity contribution in [2.75, 3.05) is 59.4 Å². The first-order chi connectivity index (χ1) is 8.75. The van der Waals surface area contributed by atoms with E-state index in [0.29, 0.717) is 6.04 Å². The van der Waals surface area contributed by atoms with Crippen molar-refractivity contribution >= 4 is 0 Å². The predicted molar refractivity (Wildman–Crippen MR) is 77.0 cm³/mol. The van der Waals surface area contributed by atoms with Crippen molar-refractivity contribution < 1.29 is 0 Å². The van der Waals surface area contributed by atoms with Crippen LogP contribution < -0.4 is 10.6 Å². The Morgan fingerprint density at radius 1 is 1.28 bits per heavy atom. The molecule has 0 bridgehead atoms. The molecule has 0 aliphatic carbocycles. The van der Waals surface area contributed by atoms with E-state index in [4.69, 9.17) is 0 Å². The Labute approximate surface area is 112 Å². The molecular formula is C14H30N4. The van der Waals surface area contributed by atoms with Crippen LogP contribution in [0.2, 0.25) is 0 Å². The number of hydrogen-bond acceptors (Lipinski definition) is 4. The third kappa shape index (κ3) is 4.50. The topological polar surface area (TPSA) is 30.5 Å². The number of hydrogen-bond donors (Lipinski definition) is 2. The quantitative estimate of drug-likeness (QED) is 0.664. The summed E-state index contributed by atoms with van der Waals surface area (Å²) in [5.41, 5.74) is 0. The largest absolute Gasteiger partial charge is 0.315 e. The molecule has 0 spiro atoms. The number of nitrogens with one attached hydrogen (secondary N) is 2. The zero-order valence-electron chi connectivity index (χ0n) is 12.1. The third-order valence-corrected chi connectivity index (χ3v) is 4.43. The van der Waals surface area contributed by atoms with E-state index in [-0.39, 0.29) is 0 Å². The van der Waals surface area contributed by atoms with Gasteiger partial charge in [-0.15, -0.1) is 0 Å². The molecule has 2 saturated heterocycles. The molecule has 0 aromatic carbocycles. The summed E-state index contributed by atoms with van der Waals surface area (Å²) in [5, 5.41) is 7.05. The summed E-state index contributed by atoms with van der Waals surface area (Å²) in [6.07, 6.45) is 2.74. The first-order valence-electron chi connectivity index (χ1n) is 7.59. The van der Waals surface area contributed by atoms with Gasteiger partial charge in [0, 0.05) is 45.3 Å². The van der Waals surface area contributed by atoms with Crippen molar-refractivity contribution in [3.05, 3.63) is 0 Å². The van der Waals surface area contributed by atoms with Crippen molar-refractivity contribution in [2.45, 2.75) is 25.8 Å². The van der Waals surface area contributed by atoms with Gasteiger partial charge in [0.15, 0.2) is 0 Å². The van der Waals surface area contributed by atoms with Crippen LogP contribution in [0.4, 0.5) is 0 Å². The van der Waals surface area contributed by atoms with E-state index in [1.807, 2.05) is 0 Å². The second kappa shape index (κ2) is 7.43. The smallest absolute Gasteiger partial charge is 0.0193 e. The van der Waals surface area contributed by atoms with E-state index in [2.05, 4.69) is 34.4 Å². The Balaban J connectivity index is 1.52. The maximum absolute atomic E-state index is 3.64. The Bertz CT molecular complexity index is 228. The van der Waals surface area contributed by atoms with Crippen LogP contribution in [0, 0.1) is 5.92 Å². The van der Waals surface area contributed by atoms with Crippen LogP contribution in [0.3, 0.4) is 0 Å². The first kappa shape index (κ1) is 14.3. The van der Waals surface area contributed by atoms with Crippen molar-refractivity contribution in [3.8, 4) is 0 Å². The Morgan fingerprint density at radius 2 is 2.06 bits per heavy atom. The molecular weight excluding hydrogens is 224 g/mol. The number of nitrogens with zero attached hydrogens (tertiary/aromatic N) is 2. The highest BCUT2D eigenvalue weighted by molar-refractivity contribution is 4.76. The molecule has 0 radical (unpaired) electrons. The molecule has 2 fully saturated rings. The van der Waals surface area contributed by atoms with Gasteiger partial charge in [0.1, 0.15) is 0 Å². The first-order valence-corrected chi connectivity index (χ1v) is 7.59. The average Bonchev–Trinajstić information content (AvgIpc) is 2.81. The van der Waals surface area contributed by atoms with Crippen LogP contribution in [-0.4, -0.2) is 75.2 Å². The summed E-state index contributed by atoms with van der Waals surface area (Å²) in [4.78, 5) is 5.04. The van der Waals surface area contributed by atoms with Gasteiger partial charge >= 0.3 is 0 Å². The standard InChI is InChI=1S/C14H30N4/c1-13(18-9-6-15-7-10-18)11-16-5-3-14-4-8-17(2)12-14/h13-16H,3-12H2,1-2H3. The number of likely N-dealkylation sites (tertiary alicyclic amines) is 1. The van der Waals surface area contributed by atoms with Gasteiger partial charge in [-0.25, -0.2) is 0 Å². The van der Waals surface area contributed by atoms with E-state index >= 15 is 0 Å². The van der Waals surface area contributed by atoms with Gasteiger partial charge in [-0.05, 0) is 45.8 Å². The molecule has 0 amide bonds. The van der Waals surface area contributed by atoms with Gasteiger partial charge in [0.05, 0.1) is 0 Å². The lowest BCUT2D eigenvalue weighted by Gasteiger charge is -2.33. The molecule has 2 heterocycles. The molecule has 0 aromatic heterocycles. The second-order valence-corrected chi connectivity index (χ2v) is 6.04. The highest BCUT2D eigenvalue weighted by Crippen LogP contribution is 2.16. The van der Waals surface area contributed by atoms with Crippen LogP contribution in [0.25, 0.3) is 0 Å². The van der Waals surface area contributed by atoms with E-state index < -0.39 is 0 Å². The Morgan fingerprint density at radius 3 is 2.72 bits per heavy atom. The van der Waals surface area contributed by atoms with Crippen LogP contribution in [0.5, 0.6) is 0 Å². The molecule has 2 unspecified atom stereocenters. The van der Waals surface area contributed by atoms with Gasteiger partial charge in [0.25, 0.3) is 0 Å². The van der Waals surface area contributed by atoms with Gasteiger partial charge in [0.2, 0.25) is 0 Å². The minimum Gasteiger partial charge on any atom is -0.315 e. The molecule has 4 nitrogen and oxygen atoms in total. The van der Waals surface area contributed by atoms with E-state index in [1.54, 1.807) is 0 Å². The fourth-order valence-electron chi connectivity index (χ4n) is 3.13.